The lowest BCUT2D eigenvalue weighted by Gasteiger charge is -2.30. The van der Waals surface area contributed by atoms with E-state index in [1.54, 1.807) is 6.08 Å². The lowest BCUT2D eigenvalue weighted by molar-refractivity contribution is 0.363. The van der Waals surface area contributed by atoms with Crippen molar-refractivity contribution >= 4 is 21.6 Å². The van der Waals surface area contributed by atoms with E-state index in [1.807, 2.05) is 18.2 Å². The fourth-order valence-electron chi connectivity index (χ4n) is 2.10. The SMILES string of the molecule is C=CCOc1ccc(C2=CC=C(Br)C(=C)N2CC)cc1. The summed E-state index contributed by atoms with van der Waals surface area (Å²) in [4.78, 5) is 2.18. The molecule has 1 aliphatic rings. The van der Waals surface area contributed by atoms with Crippen LogP contribution < -0.4 is 4.74 Å². The summed E-state index contributed by atoms with van der Waals surface area (Å²) in [6.07, 6.45) is 5.87. The van der Waals surface area contributed by atoms with Crippen molar-refractivity contribution in [2.24, 2.45) is 0 Å². The van der Waals surface area contributed by atoms with Crippen LogP contribution in [0.3, 0.4) is 0 Å². The van der Waals surface area contributed by atoms with E-state index < -0.39 is 0 Å². The fraction of sp³-hybridized carbons (Fsp3) is 0.176. The van der Waals surface area contributed by atoms with Gasteiger partial charge in [0.2, 0.25) is 0 Å². The number of hydrogen-bond acceptors (Lipinski definition) is 2. The zero-order valence-electron chi connectivity index (χ0n) is 11.6. The van der Waals surface area contributed by atoms with E-state index in [0.717, 1.165) is 33.7 Å². The smallest absolute Gasteiger partial charge is 0.119 e. The molecule has 0 bridgehead atoms. The summed E-state index contributed by atoms with van der Waals surface area (Å²) in [5.41, 5.74) is 3.28. The Bertz CT molecular complexity index is 569. The second-order valence-corrected chi connectivity index (χ2v) is 5.24. The first-order valence-electron chi connectivity index (χ1n) is 6.55. The largest absolute Gasteiger partial charge is 0.490 e. The number of halogens is 1. The maximum Gasteiger partial charge on any atom is 0.119 e. The molecule has 1 aromatic rings. The van der Waals surface area contributed by atoms with Gasteiger partial charge in [-0.2, -0.15) is 0 Å². The zero-order chi connectivity index (χ0) is 14.5. The van der Waals surface area contributed by atoms with Gasteiger partial charge in [-0.25, -0.2) is 0 Å². The van der Waals surface area contributed by atoms with Gasteiger partial charge in [0.1, 0.15) is 12.4 Å². The molecule has 1 aromatic carbocycles. The molecule has 2 nitrogen and oxygen atoms in total. The maximum atomic E-state index is 5.50. The number of rotatable bonds is 5. The van der Waals surface area contributed by atoms with E-state index >= 15 is 0 Å². The molecule has 0 aliphatic carbocycles. The molecule has 0 spiro atoms. The minimum Gasteiger partial charge on any atom is -0.490 e. The molecule has 20 heavy (non-hydrogen) atoms. The van der Waals surface area contributed by atoms with Crippen molar-refractivity contribution in [2.75, 3.05) is 13.2 Å². The predicted molar refractivity (Wildman–Crippen MR) is 88.6 cm³/mol. The molecule has 1 heterocycles. The minimum absolute atomic E-state index is 0.523. The molecule has 1 aliphatic heterocycles. The Balaban J connectivity index is 2.26. The Morgan fingerprint density at radius 1 is 1.25 bits per heavy atom. The van der Waals surface area contributed by atoms with Gasteiger partial charge in [-0.15, -0.1) is 0 Å². The first kappa shape index (κ1) is 14.7. The molecule has 0 atom stereocenters. The van der Waals surface area contributed by atoms with Gasteiger partial charge in [0.05, 0.1) is 0 Å². The third-order valence-electron chi connectivity index (χ3n) is 3.11. The molecule has 0 aromatic heterocycles. The lowest BCUT2D eigenvalue weighted by Crippen LogP contribution is -2.22. The second kappa shape index (κ2) is 6.62. The van der Waals surface area contributed by atoms with Crippen LogP contribution >= 0.6 is 15.9 Å². The molecule has 3 heteroatoms. The van der Waals surface area contributed by atoms with E-state index in [1.165, 1.54) is 0 Å². The molecule has 0 fully saturated rings. The van der Waals surface area contributed by atoms with E-state index in [-0.39, 0.29) is 0 Å². The van der Waals surface area contributed by atoms with Crippen LogP contribution in [0.15, 0.2) is 65.8 Å². The predicted octanol–water partition coefficient (Wildman–Crippen LogP) is 4.72. The Morgan fingerprint density at radius 3 is 2.55 bits per heavy atom. The number of allylic oxidation sites excluding steroid dienone is 3. The van der Waals surface area contributed by atoms with Gasteiger partial charge < -0.3 is 9.64 Å². The van der Waals surface area contributed by atoms with Crippen LogP contribution in [0.25, 0.3) is 5.70 Å². The second-order valence-electron chi connectivity index (χ2n) is 4.38. The maximum absolute atomic E-state index is 5.50. The third kappa shape index (κ3) is 3.05. The van der Waals surface area contributed by atoms with Crippen molar-refractivity contribution in [1.82, 2.24) is 4.90 Å². The molecule has 0 radical (unpaired) electrons. The summed E-state index contributed by atoms with van der Waals surface area (Å²) < 4.78 is 6.52. The summed E-state index contributed by atoms with van der Waals surface area (Å²) in [6.45, 7) is 11.3. The molecular formula is C17H18BrNO. The van der Waals surface area contributed by atoms with Gasteiger partial charge in [-0.05, 0) is 64.8 Å². The van der Waals surface area contributed by atoms with Gasteiger partial charge >= 0.3 is 0 Å². The quantitative estimate of drug-likeness (QED) is 0.724. The highest BCUT2D eigenvalue weighted by Crippen LogP contribution is 2.33. The lowest BCUT2D eigenvalue weighted by atomic mass is 10.1. The van der Waals surface area contributed by atoms with Crippen molar-refractivity contribution in [2.45, 2.75) is 6.92 Å². The topological polar surface area (TPSA) is 12.5 Å². The normalized spacial score (nSPS) is 14.7. The van der Waals surface area contributed by atoms with E-state index in [0.29, 0.717) is 6.61 Å². The monoisotopic (exact) mass is 331 g/mol. The van der Waals surface area contributed by atoms with Crippen molar-refractivity contribution in [3.8, 4) is 5.75 Å². The van der Waals surface area contributed by atoms with Crippen LogP contribution in [0.4, 0.5) is 0 Å². The number of nitrogens with zero attached hydrogens (tertiary/aromatic N) is 1. The Hall–Kier alpha value is -1.74. The van der Waals surface area contributed by atoms with Crippen LogP contribution in [0.5, 0.6) is 5.75 Å². The van der Waals surface area contributed by atoms with Crippen molar-refractivity contribution < 1.29 is 4.74 Å². The van der Waals surface area contributed by atoms with Crippen LogP contribution in [-0.4, -0.2) is 18.1 Å². The molecule has 0 saturated carbocycles. The highest BCUT2D eigenvalue weighted by atomic mass is 79.9. The van der Waals surface area contributed by atoms with Gasteiger partial charge in [0.15, 0.2) is 0 Å². The van der Waals surface area contributed by atoms with Crippen molar-refractivity contribution in [3.05, 3.63) is 71.4 Å². The van der Waals surface area contributed by atoms with Gasteiger partial charge in [0.25, 0.3) is 0 Å². The summed E-state index contributed by atoms with van der Waals surface area (Å²) >= 11 is 3.52. The summed E-state index contributed by atoms with van der Waals surface area (Å²) in [6, 6.07) is 8.08. The summed E-state index contributed by atoms with van der Waals surface area (Å²) in [5, 5.41) is 0. The number of ether oxygens (including phenoxy) is 1. The van der Waals surface area contributed by atoms with Crippen LogP contribution in [0.1, 0.15) is 12.5 Å². The Labute approximate surface area is 128 Å². The minimum atomic E-state index is 0.523. The fourth-order valence-corrected chi connectivity index (χ4v) is 2.45. The van der Waals surface area contributed by atoms with Crippen LogP contribution in [0, 0.1) is 0 Å². The molecule has 104 valence electrons. The zero-order valence-corrected chi connectivity index (χ0v) is 13.2. The molecule has 0 saturated heterocycles. The highest BCUT2D eigenvalue weighted by molar-refractivity contribution is 9.12. The first-order valence-corrected chi connectivity index (χ1v) is 7.35. The standard InChI is InChI=1S/C17H18BrNO/c1-4-12-20-15-8-6-14(7-9-15)17-11-10-16(18)13(3)19(17)5-2/h4,6-11H,1,3,5,12H2,2H3. The highest BCUT2D eigenvalue weighted by Gasteiger charge is 2.18. The van der Waals surface area contributed by atoms with Gasteiger partial charge in [-0.1, -0.05) is 19.2 Å². The van der Waals surface area contributed by atoms with Crippen LogP contribution in [0.2, 0.25) is 0 Å². The van der Waals surface area contributed by atoms with Gasteiger partial charge in [-0.3, -0.25) is 0 Å². The van der Waals surface area contributed by atoms with Crippen molar-refractivity contribution in [3.63, 3.8) is 0 Å². The first-order chi connectivity index (χ1) is 9.67. The van der Waals surface area contributed by atoms with E-state index in [9.17, 15) is 0 Å². The third-order valence-corrected chi connectivity index (χ3v) is 3.84. The molecule has 0 unspecified atom stereocenters. The van der Waals surface area contributed by atoms with Crippen molar-refractivity contribution in [1.29, 1.82) is 0 Å². The van der Waals surface area contributed by atoms with Gasteiger partial charge in [0, 0.05) is 22.4 Å². The van der Waals surface area contributed by atoms with E-state index in [4.69, 9.17) is 4.74 Å². The average molecular weight is 332 g/mol. The molecule has 0 N–H and O–H groups in total. The average Bonchev–Trinajstić information content (AvgIpc) is 2.48. The van der Waals surface area contributed by atoms with E-state index in [2.05, 4.69) is 59.1 Å². The number of likely N-dealkylation sites (N-methyl/N-ethyl adjacent to an activating group) is 1. The molecule has 2 rings (SSSR count). The Kier molecular flexibility index (Phi) is 4.85. The van der Waals surface area contributed by atoms with Crippen LogP contribution in [-0.2, 0) is 0 Å². The Morgan fingerprint density at radius 2 is 1.95 bits per heavy atom. The number of benzene rings is 1. The molecular weight excluding hydrogens is 314 g/mol. The summed E-state index contributed by atoms with van der Waals surface area (Å²) in [5.74, 6) is 0.851. The molecule has 0 amide bonds. The number of hydrogen-bond donors (Lipinski definition) is 0. The summed E-state index contributed by atoms with van der Waals surface area (Å²) in [7, 11) is 0.